The van der Waals surface area contributed by atoms with Gasteiger partial charge in [0.15, 0.2) is 0 Å². The number of nitrogens with zero attached hydrogens (tertiary/aromatic N) is 1. The van der Waals surface area contributed by atoms with Crippen LogP contribution in [0.1, 0.15) is 82.1 Å². The fraction of sp³-hybridized carbons (Fsp3) is 0.487. The lowest BCUT2D eigenvalue weighted by molar-refractivity contribution is -0.119. The molecular formula is C39H44Cl2FN3O7. The second-order valence-electron chi connectivity index (χ2n) is 14.7. The lowest BCUT2D eigenvalue weighted by Crippen LogP contribution is -2.47. The molecular weight excluding hydrogens is 712 g/mol. The third-order valence-electron chi connectivity index (χ3n) is 9.80. The molecule has 10 nitrogen and oxygen atoms in total. The summed E-state index contributed by atoms with van der Waals surface area (Å²) in [6.07, 6.45) is 7.93. The summed E-state index contributed by atoms with van der Waals surface area (Å²) in [4.78, 5) is 39.6. The maximum absolute atomic E-state index is 15.9. The Balaban J connectivity index is 1.39. The molecule has 1 saturated heterocycles. The highest BCUT2D eigenvalue weighted by atomic mass is 35.5. The molecule has 13 heteroatoms. The van der Waals surface area contributed by atoms with E-state index in [0.29, 0.717) is 11.5 Å². The molecule has 2 aromatic rings. The molecule has 1 saturated carbocycles. The van der Waals surface area contributed by atoms with Crippen LogP contribution >= 0.6 is 23.2 Å². The van der Waals surface area contributed by atoms with Crippen molar-refractivity contribution in [1.29, 1.82) is 5.26 Å². The zero-order valence-corrected chi connectivity index (χ0v) is 31.4. The van der Waals surface area contributed by atoms with Crippen molar-refractivity contribution < 1.29 is 37.7 Å². The van der Waals surface area contributed by atoms with Gasteiger partial charge in [-0.2, -0.15) is 5.26 Å². The van der Waals surface area contributed by atoms with E-state index in [1.165, 1.54) is 50.4 Å². The second-order valence-corrected chi connectivity index (χ2v) is 15.6. The second kappa shape index (κ2) is 16.3. The molecule has 2 aliphatic carbocycles. The Morgan fingerprint density at radius 3 is 2.44 bits per heavy atom. The van der Waals surface area contributed by atoms with Crippen LogP contribution in [0.2, 0.25) is 5.02 Å². The number of benzene rings is 2. The van der Waals surface area contributed by atoms with Gasteiger partial charge in [-0.15, -0.1) is 0 Å². The van der Waals surface area contributed by atoms with Crippen LogP contribution in [0.3, 0.4) is 0 Å². The summed E-state index contributed by atoms with van der Waals surface area (Å²) >= 11 is 12.9. The van der Waals surface area contributed by atoms with Crippen LogP contribution in [0.4, 0.5) is 14.9 Å². The number of nitriles is 1. The Kier molecular flexibility index (Phi) is 12.2. The van der Waals surface area contributed by atoms with Gasteiger partial charge in [0.2, 0.25) is 12.2 Å². The number of hydrogen-bond acceptors (Lipinski definition) is 9. The molecule has 52 heavy (non-hydrogen) atoms. The van der Waals surface area contributed by atoms with E-state index in [0.717, 1.165) is 32.1 Å². The van der Waals surface area contributed by atoms with Crippen molar-refractivity contribution >= 4 is 46.9 Å². The Bertz CT molecular complexity index is 1780. The number of allylic oxidation sites excluding steroid dienone is 4. The quantitative estimate of drug-likeness (QED) is 0.181. The first-order chi connectivity index (χ1) is 24.7. The van der Waals surface area contributed by atoms with E-state index < -0.39 is 59.5 Å². The summed E-state index contributed by atoms with van der Waals surface area (Å²) < 4.78 is 37.2. The normalized spacial score (nSPS) is 25.1. The van der Waals surface area contributed by atoms with Gasteiger partial charge in [-0.05, 0) is 73.9 Å². The number of carbonyl (C=O) groups excluding carboxylic acids is 3. The maximum Gasteiger partial charge on any atom is 0.511 e. The van der Waals surface area contributed by atoms with E-state index in [-0.39, 0.29) is 39.1 Å². The third kappa shape index (κ3) is 8.57. The minimum Gasteiger partial charge on any atom is -0.495 e. The summed E-state index contributed by atoms with van der Waals surface area (Å²) in [5, 5.41) is 18.0. The highest BCUT2D eigenvalue weighted by Crippen LogP contribution is 2.53. The molecule has 4 unspecified atom stereocenters. The number of hydrogen-bond donors (Lipinski definition) is 2. The molecule has 5 rings (SSSR count). The van der Waals surface area contributed by atoms with Crippen LogP contribution in [0.5, 0.6) is 5.75 Å². The Labute approximate surface area is 313 Å². The Hall–Kier alpha value is -4.11. The lowest BCUT2D eigenvalue weighted by atomic mass is 9.61. The van der Waals surface area contributed by atoms with Crippen LogP contribution in [0.15, 0.2) is 59.7 Å². The number of anilines is 1. The molecule has 0 aromatic heterocycles. The van der Waals surface area contributed by atoms with Crippen LogP contribution in [-0.2, 0) is 24.4 Å². The first-order valence-electron chi connectivity index (χ1n) is 17.4. The Morgan fingerprint density at radius 2 is 1.83 bits per heavy atom. The van der Waals surface area contributed by atoms with Crippen LogP contribution in [0.25, 0.3) is 0 Å². The first-order valence-corrected chi connectivity index (χ1v) is 18.2. The van der Waals surface area contributed by atoms with E-state index in [2.05, 4.69) is 16.7 Å². The minimum absolute atomic E-state index is 0.0720. The third-order valence-corrected chi connectivity index (χ3v) is 10.4. The van der Waals surface area contributed by atoms with Gasteiger partial charge in [0.05, 0.1) is 30.5 Å². The molecule has 278 valence electrons. The largest absolute Gasteiger partial charge is 0.511 e. The van der Waals surface area contributed by atoms with Crippen molar-refractivity contribution in [1.82, 2.24) is 5.32 Å². The van der Waals surface area contributed by atoms with Crippen LogP contribution in [-0.4, -0.2) is 49.6 Å². The zero-order valence-electron chi connectivity index (χ0n) is 29.8. The highest BCUT2D eigenvalue weighted by molar-refractivity contribution is 6.30. The summed E-state index contributed by atoms with van der Waals surface area (Å²) in [5.41, 5.74) is -1.45. The fourth-order valence-electron chi connectivity index (χ4n) is 7.53. The lowest BCUT2D eigenvalue weighted by Gasteiger charge is -2.39. The van der Waals surface area contributed by atoms with Gasteiger partial charge >= 0.3 is 12.1 Å². The summed E-state index contributed by atoms with van der Waals surface area (Å²) in [6.45, 7) is 7.43. The van der Waals surface area contributed by atoms with Gasteiger partial charge in [0, 0.05) is 40.4 Å². The molecule has 2 N–H and O–H groups in total. The van der Waals surface area contributed by atoms with Crippen molar-refractivity contribution in [3.8, 4) is 11.8 Å². The number of methoxy groups -OCH3 is 1. The molecule has 1 heterocycles. The molecule has 2 fully saturated rings. The number of ether oxygens (including phenoxy) is 4. The molecule has 3 aliphatic rings. The van der Waals surface area contributed by atoms with Crippen molar-refractivity contribution in [2.75, 3.05) is 12.4 Å². The predicted octanol–water partition coefficient (Wildman–Crippen LogP) is 8.58. The average Bonchev–Trinajstić information content (AvgIpc) is 3.64. The van der Waals surface area contributed by atoms with Crippen molar-refractivity contribution in [3.63, 3.8) is 0 Å². The van der Waals surface area contributed by atoms with E-state index >= 15 is 4.39 Å². The van der Waals surface area contributed by atoms with Gasteiger partial charge in [-0.1, -0.05) is 68.6 Å². The fourth-order valence-corrected chi connectivity index (χ4v) is 7.97. The van der Waals surface area contributed by atoms with E-state index in [4.69, 9.17) is 42.1 Å². The van der Waals surface area contributed by atoms with Gasteiger partial charge in [-0.25, -0.2) is 14.0 Å². The first kappa shape index (κ1) is 39.1. The molecule has 0 bridgehead atoms. The molecule has 6 atom stereocenters. The smallest absolute Gasteiger partial charge is 0.495 e. The van der Waals surface area contributed by atoms with Gasteiger partial charge in [0.1, 0.15) is 23.1 Å². The number of carbonyl (C=O) groups is 3. The number of rotatable bonds is 10. The van der Waals surface area contributed by atoms with Gasteiger partial charge < -0.3 is 29.6 Å². The number of halogens is 3. The summed E-state index contributed by atoms with van der Waals surface area (Å²) in [5.74, 6) is -3.28. The summed E-state index contributed by atoms with van der Waals surface area (Å²) in [6, 6.07) is 9.25. The standard InChI is InChI=1S/C39H44Cl2FN3O7/c1-22(51-37(48)52-25-10-7-6-8-11-25)50-36(47)23-14-17-30(31(18-23)49-5)44-35(46)34-33(26-12-9-13-28(26)41)39(21-43,32(45-34)20-38(2,3)4)27-16-15-24(40)19-29(27)42/h9,12-19,22,25-26,32-34,45H,6-8,10-11,20H2,1-5H3,(H,44,46)/t22?,26?,32?,33?,34-,39+/m1/s1. The maximum atomic E-state index is 15.9. The van der Waals surface area contributed by atoms with Crippen molar-refractivity contribution in [3.05, 3.63) is 81.6 Å². The van der Waals surface area contributed by atoms with Gasteiger partial charge in [-0.3, -0.25) is 4.79 Å². The molecule has 2 aromatic carbocycles. The van der Waals surface area contributed by atoms with Crippen molar-refractivity contribution in [2.45, 2.75) is 96.1 Å². The SMILES string of the molecule is COc1cc(C(=O)OC(C)OC(=O)OC2CCCCC2)ccc1NC(=O)[C@@H]1NC(CC(C)(C)C)[C@](C#N)(c2ccc(Cl)cc2F)C1C1C=CC=C1Cl. The van der Waals surface area contributed by atoms with E-state index in [9.17, 15) is 19.6 Å². The van der Waals surface area contributed by atoms with Crippen LogP contribution in [0, 0.1) is 34.4 Å². The number of nitrogens with one attached hydrogen (secondary N) is 2. The highest BCUT2D eigenvalue weighted by Gasteiger charge is 2.62. The number of amides is 1. The predicted molar refractivity (Wildman–Crippen MR) is 194 cm³/mol. The average molecular weight is 757 g/mol. The monoisotopic (exact) mass is 755 g/mol. The summed E-state index contributed by atoms with van der Waals surface area (Å²) in [7, 11) is 1.38. The number of esters is 1. The van der Waals surface area contributed by atoms with E-state index in [1.807, 2.05) is 26.8 Å². The zero-order chi connectivity index (χ0) is 37.8. The molecule has 1 amide bonds. The minimum atomic E-state index is -1.55. The van der Waals surface area contributed by atoms with Crippen molar-refractivity contribution in [2.24, 2.45) is 17.3 Å². The molecule has 1 aliphatic heterocycles. The van der Waals surface area contributed by atoms with Gasteiger partial charge in [0.25, 0.3) is 0 Å². The Morgan fingerprint density at radius 1 is 1.10 bits per heavy atom. The molecule has 0 spiro atoms. The van der Waals surface area contributed by atoms with E-state index in [1.54, 1.807) is 12.2 Å². The topological polar surface area (TPSA) is 136 Å². The van der Waals surface area contributed by atoms with Crippen LogP contribution < -0.4 is 15.4 Å². The molecule has 0 radical (unpaired) electrons.